The lowest BCUT2D eigenvalue weighted by atomic mass is 10.2. The lowest BCUT2D eigenvalue weighted by Crippen LogP contribution is -2.17. The van der Waals surface area contributed by atoms with Gasteiger partial charge in [0.2, 0.25) is 0 Å². The van der Waals surface area contributed by atoms with Crippen molar-refractivity contribution in [1.82, 2.24) is 9.97 Å². The second-order valence-electron chi connectivity index (χ2n) is 3.96. The number of nitrogens with zero attached hydrogens (tertiary/aromatic N) is 2. The molecule has 1 aliphatic rings. The third-order valence-corrected chi connectivity index (χ3v) is 4.16. The Hall–Kier alpha value is -0.480. The zero-order valence-electron chi connectivity index (χ0n) is 9.32. The van der Waals surface area contributed by atoms with Gasteiger partial charge in [0.15, 0.2) is 0 Å². The molecule has 0 bridgehead atoms. The fourth-order valence-electron chi connectivity index (χ4n) is 2.08. The van der Waals surface area contributed by atoms with Crippen LogP contribution in [0, 0.1) is 0 Å². The van der Waals surface area contributed by atoms with Gasteiger partial charge >= 0.3 is 0 Å². The molecule has 1 fully saturated rings. The van der Waals surface area contributed by atoms with Crippen molar-refractivity contribution in [3.8, 4) is 0 Å². The minimum Gasteiger partial charge on any atom is -0.366 e. The number of thioether (sulfide) groups is 1. The normalized spacial score (nSPS) is 24.6. The van der Waals surface area contributed by atoms with Gasteiger partial charge in [0, 0.05) is 11.3 Å². The second-order valence-corrected chi connectivity index (χ2v) is 5.92. The molecule has 0 aliphatic heterocycles. The first-order valence-corrected chi connectivity index (χ1v) is 7.06. The zero-order chi connectivity index (χ0) is 11.4. The van der Waals surface area contributed by atoms with Crippen molar-refractivity contribution in [3.05, 3.63) is 17.5 Å². The molecular formula is C11H16ClN3S. The summed E-state index contributed by atoms with van der Waals surface area (Å²) in [4.78, 5) is 8.21. The van der Waals surface area contributed by atoms with Gasteiger partial charge in [-0.15, -0.1) is 0 Å². The van der Waals surface area contributed by atoms with Crippen molar-refractivity contribution >= 4 is 29.2 Å². The molecule has 1 aliphatic carbocycles. The van der Waals surface area contributed by atoms with Gasteiger partial charge < -0.3 is 5.32 Å². The van der Waals surface area contributed by atoms with E-state index in [-0.39, 0.29) is 0 Å². The molecule has 2 unspecified atom stereocenters. The van der Waals surface area contributed by atoms with E-state index in [1.54, 1.807) is 12.4 Å². The van der Waals surface area contributed by atoms with Crippen molar-refractivity contribution in [3.63, 3.8) is 0 Å². The Labute approximate surface area is 105 Å². The molecule has 2 rings (SSSR count). The largest absolute Gasteiger partial charge is 0.366 e. The number of aromatic nitrogens is 2. The van der Waals surface area contributed by atoms with Crippen molar-refractivity contribution in [2.45, 2.75) is 37.5 Å². The smallest absolute Gasteiger partial charge is 0.149 e. The lowest BCUT2D eigenvalue weighted by molar-refractivity contribution is 0.751. The summed E-state index contributed by atoms with van der Waals surface area (Å²) in [5.74, 6) is 1.99. The van der Waals surface area contributed by atoms with Gasteiger partial charge in [-0.1, -0.05) is 18.5 Å². The highest BCUT2D eigenvalue weighted by atomic mass is 35.5. The average molecular weight is 258 g/mol. The van der Waals surface area contributed by atoms with Crippen LogP contribution in [0.15, 0.2) is 12.4 Å². The first-order valence-electron chi connectivity index (χ1n) is 5.63. The topological polar surface area (TPSA) is 37.8 Å². The first-order chi connectivity index (χ1) is 7.78. The Balaban J connectivity index is 1.87. The Bertz CT molecular complexity index is 348. The lowest BCUT2D eigenvalue weighted by Gasteiger charge is -2.13. The third-order valence-electron chi connectivity index (χ3n) is 2.74. The van der Waals surface area contributed by atoms with Crippen LogP contribution in [0.1, 0.15) is 26.2 Å². The molecule has 0 saturated heterocycles. The average Bonchev–Trinajstić information content (AvgIpc) is 2.66. The van der Waals surface area contributed by atoms with E-state index in [0.717, 1.165) is 11.1 Å². The van der Waals surface area contributed by atoms with E-state index in [1.807, 2.05) is 0 Å². The maximum Gasteiger partial charge on any atom is 0.149 e. The number of hydrogen-bond donors (Lipinski definition) is 1. The number of hydrogen-bond acceptors (Lipinski definition) is 4. The summed E-state index contributed by atoms with van der Waals surface area (Å²) in [6.07, 6.45) is 7.01. The van der Waals surface area contributed by atoms with Gasteiger partial charge in [-0.2, -0.15) is 11.8 Å². The monoisotopic (exact) mass is 257 g/mol. The Morgan fingerprint density at radius 1 is 1.50 bits per heavy atom. The minimum atomic E-state index is 0.447. The standard InChI is InChI=1S/C11H16ClN3S/c1-2-16-9-4-3-8(5-9)14-11-7-13-6-10(12)15-11/h6-9H,2-5H2,1H3,(H,14,15). The summed E-state index contributed by atoms with van der Waals surface area (Å²) in [7, 11) is 0. The van der Waals surface area contributed by atoms with Crippen LogP contribution in [0.3, 0.4) is 0 Å². The molecule has 0 aromatic carbocycles. The molecule has 0 radical (unpaired) electrons. The molecule has 5 heteroatoms. The van der Waals surface area contributed by atoms with Gasteiger partial charge in [-0.05, 0) is 25.0 Å². The predicted molar refractivity (Wildman–Crippen MR) is 70.2 cm³/mol. The van der Waals surface area contributed by atoms with E-state index < -0.39 is 0 Å². The molecular weight excluding hydrogens is 242 g/mol. The highest BCUT2D eigenvalue weighted by Crippen LogP contribution is 2.31. The summed E-state index contributed by atoms with van der Waals surface area (Å²) in [6.45, 7) is 2.22. The van der Waals surface area contributed by atoms with Crippen LogP contribution < -0.4 is 5.32 Å². The van der Waals surface area contributed by atoms with Gasteiger partial charge in [-0.25, -0.2) is 4.98 Å². The van der Waals surface area contributed by atoms with E-state index in [1.165, 1.54) is 25.0 Å². The van der Waals surface area contributed by atoms with Crippen LogP contribution in [0.5, 0.6) is 0 Å². The van der Waals surface area contributed by atoms with Crippen molar-refractivity contribution in [2.24, 2.45) is 0 Å². The molecule has 2 atom stereocenters. The van der Waals surface area contributed by atoms with Gasteiger partial charge in [-0.3, -0.25) is 4.98 Å². The molecule has 1 heterocycles. The van der Waals surface area contributed by atoms with Crippen molar-refractivity contribution in [2.75, 3.05) is 11.1 Å². The fraction of sp³-hybridized carbons (Fsp3) is 0.636. The molecule has 1 aromatic rings. The molecule has 0 amide bonds. The van der Waals surface area contributed by atoms with E-state index in [9.17, 15) is 0 Å². The van der Waals surface area contributed by atoms with E-state index in [2.05, 4.69) is 34.0 Å². The first kappa shape index (κ1) is 12.0. The molecule has 1 aromatic heterocycles. The molecule has 0 spiro atoms. The van der Waals surface area contributed by atoms with E-state index in [0.29, 0.717) is 11.2 Å². The molecule has 1 saturated carbocycles. The molecule has 88 valence electrons. The SMILES string of the molecule is CCSC1CCC(Nc2cncc(Cl)n2)C1. The van der Waals surface area contributed by atoms with Crippen LogP contribution in [-0.4, -0.2) is 27.0 Å². The molecule has 1 N–H and O–H groups in total. The van der Waals surface area contributed by atoms with Crippen LogP contribution in [0.2, 0.25) is 5.15 Å². The van der Waals surface area contributed by atoms with Crippen LogP contribution in [-0.2, 0) is 0 Å². The molecule has 3 nitrogen and oxygen atoms in total. The number of nitrogens with one attached hydrogen (secondary N) is 1. The van der Waals surface area contributed by atoms with E-state index in [4.69, 9.17) is 11.6 Å². The van der Waals surface area contributed by atoms with Gasteiger partial charge in [0.05, 0.1) is 12.4 Å². The van der Waals surface area contributed by atoms with Crippen molar-refractivity contribution in [1.29, 1.82) is 0 Å². The maximum atomic E-state index is 5.79. The Morgan fingerprint density at radius 3 is 3.12 bits per heavy atom. The van der Waals surface area contributed by atoms with Crippen LogP contribution in [0.25, 0.3) is 0 Å². The maximum absolute atomic E-state index is 5.79. The van der Waals surface area contributed by atoms with Crippen molar-refractivity contribution < 1.29 is 0 Å². The Kier molecular flexibility index (Phi) is 4.29. The summed E-state index contributed by atoms with van der Waals surface area (Å²) in [5, 5.41) is 4.65. The number of rotatable bonds is 4. The van der Waals surface area contributed by atoms with Gasteiger partial charge in [0.25, 0.3) is 0 Å². The summed E-state index contributed by atoms with van der Waals surface area (Å²) >= 11 is 7.85. The number of halogens is 1. The minimum absolute atomic E-state index is 0.447. The quantitative estimate of drug-likeness (QED) is 0.899. The van der Waals surface area contributed by atoms with Crippen LogP contribution >= 0.6 is 23.4 Å². The fourth-order valence-corrected chi connectivity index (χ4v) is 3.37. The summed E-state index contributed by atoms with van der Waals surface area (Å²) in [5.41, 5.74) is 0. The zero-order valence-corrected chi connectivity index (χ0v) is 10.9. The van der Waals surface area contributed by atoms with Crippen LogP contribution in [0.4, 0.5) is 5.82 Å². The summed E-state index contributed by atoms with van der Waals surface area (Å²) < 4.78 is 0. The molecule has 16 heavy (non-hydrogen) atoms. The third kappa shape index (κ3) is 3.25. The highest BCUT2D eigenvalue weighted by Gasteiger charge is 2.24. The van der Waals surface area contributed by atoms with E-state index >= 15 is 0 Å². The highest BCUT2D eigenvalue weighted by molar-refractivity contribution is 7.99. The number of anilines is 1. The Morgan fingerprint density at radius 2 is 2.38 bits per heavy atom. The predicted octanol–water partition coefficient (Wildman–Crippen LogP) is 3.22. The summed E-state index contributed by atoms with van der Waals surface area (Å²) in [6, 6.07) is 0.525. The van der Waals surface area contributed by atoms with Gasteiger partial charge in [0.1, 0.15) is 11.0 Å². The second kappa shape index (κ2) is 5.73.